The zero-order valence-corrected chi connectivity index (χ0v) is 14.9. The monoisotopic (exact) mass is 338 g/mol. The van der Waals surface area contributed by atoms with Crippen LogP contribution in [0.25, 0.3) is 0 Å². The summed E-state index contributed by atoms with van der Waals surface area (Å²) in [7, 11) is -3.22. The first-order chi connectivity index (χ1) is 10.8. The molecule has 23 heavy (non-hydrogen) atoms. The van der Waals surface area contributed by atoms with Crippen molar-refractivity contribution < 1.29 is 13.2 Å². The van der Waals surface area contributed by atoms with Crippen molar-refractivity contribution in [3.05, 3.63) is 35.4 Å². The van der Waals surface area contributed by atoms with Gasteiger partial charge in [-0.2, -0.15) is 0 Å². The summed E-state index contributed by atoms with van der Waals surface area (Å²) in [5, 5.41) is 3.04. The fourth-order valence-corrected chi connectivity index (χ4v) is 4.25. The molecule has 1 aliphatic rings. The molecule has 2 rings (SSSR count). The predicted molar refractivity (Wildman–Crippen MR) is 91.5 cm³/mol. The van der Waals surface area contributed by atoms with Crippen molar-refractivity contribution >= 4 is 15.9 Å². The maximum atomic E-state index is 12.5. The van der Waals surface area contributed by atoms with Crippen molar-refractivity contribution in [2.45, 2.75) is 39.7 Å². The Morgan fingerprint density at radius 3 is 2.74 bits per heavy atom. The van der Waals surface area contributed by atoms with Gasteiger partial charge in [-0.1, -0.05) is 24.3 Å². The summed E-state index contributed by atoms with van der Waals surface area (Å²) in [5.41, 5.74) is 2.23. The predicted octanol–water partition coefficient (Wildman–Crippen LogP) is 2.23. The van der Waals surface area contributed by atoms with Crippen LogP contribution in [0, 0.1) is 12.8 Å². The minimum Gasteiger partial charge on any atom is -0.349 e. The fraction of sp³-hybridized carbons (Fsp3) is 0.588. The SMILES string of the molecule is CCS(=O)(=O)N1CCC[C@H](C(=O)N[C@@H](C)c2ccccc2C)C1. The molecule has 1 aromatic carbocycles. The Morgan fingerprint density at radius 1 is 1.39 bits per heavy atom. The highest BCUT2D eigenvalue weighted by Gasteiger charge is 2.31. The summed E-state index contributed by atoms with van der Waals surface area (Å²) in [4.78, 5) is 12.5. The second-order valence-electron chi connectivity index (χ2n) is 6.18. The zero-order valence-electron chi connectivity index (χ0n) is 14.1. The molecule has 0 unspecified atom stereocenters. The van der Waals surface area contributed by atoms with Gasteiger partial charge >= 0.3 is 0 Å². The van der Waals surface area contributed by atoms with E-state index in [0.29, 0.717) is 13.1 Å². The third-order valence-corrected chi connectivity index (χ3v) is 6.37. The number of nitrogens with one attached hydrogen (secondary N) is 1. The van der Waals surface area contributed by atoms with Gasteiger partial charge in [0.05, 0.1) is 17.7 Å². The number of benzene rings is 1. The highest BCUT2D eigenvalue weighted by molar-refractivity contribution is 7.89. The molecule has 0 radical (unpaired) electrons. The van der Waals surface area contributed by atoms with E-state index in [1.807, 2.05) is 38.1 Å². The molecule has 0 bridgehead atoms. The lowest BCUT2D eigenvalue weighted by molar-refractivity contribution is -0.126. The molecular weight excluding hydrogens is 312 g/mol. The first kappa shape index (κ1) is 17.9. The average Bonchev–Trinajstić information content (AvgIpc) is 2.55. The van der Waals surface area contributed by atoms with Crippen LogP contribution in [0.5, 0.6) is 0 Å². The van der Waals surface area contributed by atoms with Crippen molar-refractivity contribution in [2.24, 2.45) is 5.92 Å². The third-order valence-electron chi connectivity index (χ3n) is 4.53. The van der Waals surface area contributed by atoms with E-state index in [4.69, 9.17) is 0 Å². The van der Waals surface area contributed by atoms with Crippen molar-refractivity contribution in [1.82, 2.24) is 9.62 Å². The zero-order chi connectivity index (χ0) is 17.0. The summed E-state index contributed by atoms with van der Waals surface area (Å²) < 4.78 is 25.5. The lowest BCUT2D eigenvalue weighted by Crippen LogP contribution is -2.46. The van der Waals surface area contributed by atoms with Crippen LogP contribution in [0.15, 0.2) is 24.3 Å². The van der Waals surface area contributed by atoms with Gasteiger partial charge in [0.25, 0.3) is 0 Å². The molecule has 1 aliphatic heterocycles. The van der Waals surface area contributed by atoms with Gasteiger partial charge in [0.2, 0.25) is 15.9 Å². The van der Waals surface area contributed by atoms with Gasteiger partial charge in [0, 0.05) is 13.1 Å². The van der Waals surface area contributed by atoms with Crippen molar-refractivity contribution in [3.8, 4) is 0 Å². The number of hydrogen-bond acceptors (Lipinski definition) is 3. The quantitative estimate of drug-likeness (QED) is 0.895. The molecule has 1 aromatic rings. The molecule has 0 spiro atoms. The molecular formula is C17H26N2O3S. The van der Waals surface area contributed by atoms with Crippen LogP contribution in [0.4, 0.5) is 0 Å². The number of amides is 1. The maximum Gasteiger partial charge on any atom is 0.224 e. The number of carbonyl (C=O) groups is 1. The number of carbonyl (C=O) groups excluding carboxylic acids is 1. The van der Waals surface area contributed by atoms with Crippen LogP contribution in [-0.2, 0) is 14.8 Å². The van der Waals surface area contributed by atoms with E-state index < -0.39 is 10.0 Å². The molecule has 6 heteroatoms. The molecule has 1 saturated heterocycles. The molecule has 0 aromatic heterocycles. The van der Waals surface area contributed by atoms with E-state index in [-0.39, 0.29) is 23.6 Å². The Kier molecular flexibility index (Phi) is 5.81. The number of hydrogen-bond donors (Lipinski definition) is 1. The van der Waals surface area contributed by atoms with Gasteiger partial charge in [-0.3, -0.25) is 4.79 Å². The Hall–Kier alpha value is -1.40. The van der Waals surface area contributed by atoms with Crippen LogP contribution in [0.1, 0.15) is 43.9 Å². The lowest BCUT2D eigenvalue weighted by Gasteiger charge is -2.31. The Morgan fingerprint density at radius 2 is 2.09 bits per heavy atom. The first-order valence-electron chi connectivity index (χ1n) is 8.19. The standard InChI is InChI=1S/C17H26N2O3S/c1-4-23(21,22)19-11-7-9-15(12-19)17(20)18-14(3)16-10-6-5-8-13(16)2/h5-6,8,10,14-15H,4,7,9,11-12H2,1-3H3,(H,18,20)/t14-,15-/m0/s1. The molecule has 128 valence electrons. The third kappa shape index (κ3) is 4.32. The summed E-state index contributed by atoms with van der Waals surface area (Å²) in [6.45, 7) is 6.44. The van der Waals surface area contributed by atoms with Crippen LogP contribution < -0.4 is 5.32 Å². The largest absolute Gasteiger partial charge is 0.349 e. The highest BCUT2D eigenvalue weighted by atomic mass is 32.2. The van der Waals surface area contributed by atoms with Crippen molar-refractivity contribution in [1.29, 1.82) is 0 Å². The van der Waals surface area contributed by atoms with Crippen LogP contribution in [0.2, 0.25) is 0 Å². The van der Waals surface area contributed by atoms with E-state index in [1.54, 1.807) is 6.92 Å². The van der Waals surface area contributed by atoms with Gasteiger partial charge in [-0.25, -0.2) is 12.7 Å². The molecule has 1 heterocycles. The highest BCUT2D eigenvalue weighted by Crippen LogP contribution is 2.22. The van der Waals surface area contributed by atoms with Crippen LogP contribution >= 0.6 is 0 Å². The summed E-state index contributed by atoms with van der Waals surface area (Å²) >= 11 is 0. The Bertz CT molecular complexity index is 658. The number of aryl methyl sites for hydroxylation is 1. The van der Waals surface area contributed by atoms with E-state index in [9.17, 15) is 13.2 Å². The number of sulfonamides is 1. The molecule has 1 amide bonds. The maximum absolute atomic E-state index is 12.5. The van der Waals surface area contributed by atoms with Crippen LogP contribution in [-0.4, -0.2) is 37.5 Å². The molecule has 2 atom stereocenters. The second kappa shape index (κ2) is 7.45. The Balaban J connectivity index is 2.02. The summed E-state index contributed by atoms with van der Waals surface area (Å²) in [6.07, 6.45) is 1.47. The van der Waals surface area contributed by atoms with Crippen molar-refractivity contribution in [3.63, 3.8) is 0 Å². The topological polar surface area (TPSA) is 66.5 Å². The minimum absolute atomic E-state index is 0.0586. The van der Waals surface area contributed by atoms with Gasteiger partial charge in [-0.15, -0.1) is 0 Å². The summed E-state index contributed by atoms with van der Waals surface area (Å²) in [6, 6.07) is 7.88. The molecule has 1 N–H and O–H groups in total. The smallest absolute Gasteiger partial charge is 0.224 e. The molecule has 1 fully saturated rings. The number of rotatable bonds is 5. The fourth-order valence-electron chi connectivity index (χ4n) is 3.07. The average molecular weight is 338 g/mol. The van der Waals surface area contributed by atoms with E-state index >= 15 is 0 Å². The first-order valence-corrected chi connectivity index (χ1v) is 9.79. The van der Waals surface area contributed by atoms with Crippen molar-refractivity contribution in [2.75, 3.05) is 18.8 Å². The van der Waals surface area contributed by atoms with E-state index in [2.05, 4.69) is 5.32 Å². The van der Waals surface area contributed by atoms with Gasteiger partial charge in [0.15, 0.2) is 0 Å². The number of piperidine rings is 1. The molecule has 0 saturated carbocycles. The number of nitrogens with zero attached hydrogens (tertiary/aromatic N) is 1. The van der Waals surface area contributed by atoms with Gasteiger partial charge in [0.1, 0.15) is 0 Å². The normalized spacial score (nSPS) is 20.9. The van der Waals surface area contributed by atoms with Crippen LogP contribution in [0.3, 0.4) is 0 Å². The van der Waals surface area contributed by atoms with E-state index in [1.165, 1.54) is 4.31 Å². The molecule has 0 aliphatic carbocycles. The summed E-state index contributed by atoms with van der Waals surface area (Å²) in [5.74, 6) is -0.241. The lowest BCUT2D eigenvalue weighted by atomic mass is 9.97. The second-order valence-corrected chi connectivity index (χ2v) is 8.44. The molecule has 5 nitrogen and oxygen atoms in total. The Labute approximate surface area is 139 Å². The van der Waals surface area contributed by atoms with E-state index in [0.717, 1.165) is 24.0 Å². The van der Waals surface area contributed by atoms with Gasteiger partial charge < -0.3 is 5.32 Å². The minimum atomic E-state index is -3.22. The van der Waals surface area contributed by atoms with Gasteiger partial charge in [-0.05, 0) is 44.7 Å².